The molecule has 0 spiro atoms. The molecule has 2 N–H and O–H groups in total. The Labute approximate surface area is 88.8 Å². The fraction of sp³-hybridized carbons (Fsp3) is 0.800. The number of aliphatic carboxylic acids is 1. The molecule has 5 nitrogen and oxygen atoms in total. The van der Waals surface area contributed by atoms with E-state index in [0.29, 0.717) is 19.8 Å². The predicted molar refractivity (Wildman–Crippen MR) is 53.4 cm³/mol. The average molecular weight is 215 g/mol. The molecule has 0 atom stereocenters. The van der Waals surface area contributed by atoms with Crippen molar-refractivity contribution in [2.45, 2.75) is 26.2 Å². The van der Waals surface area contributed by atoms with E-state index in [1.807, 2.05) is 0 Å². The summed E-state index contributed by atoms with van der Waals surface area (Å²) < 4.78 is 5.11. The van der Waals surface area contributed by atoms with Crippen molar-refractivity contribution in [2.75, 3.05) is 19.8 Å². The van der Waals surface area contributed by atoms with Crippen molar-refractivity contribution in [3.63, 3.8) is 0 Å². The SMILES string of the molecule is CCC1(CNC(=O)CCC(=O)O)COC1. The first-order valence-electron chi connectivity index (χ1n) is 5.14. The van der Waals surface area contributed by atoms with Gasteiger partial charge >= 0.3 is 5.97 Å². The summed E-state index contributed by atoms with van der Waals surface area (Å²) in [6.45, 7) is 4.01. The zero-order chi connectivity index (χ0) is 11.3. The fourth-order valence-corrected chi connectivity index (χ4v) is 1.42. The molecule has 1 amide bonds. The summed E-state index contributed by atoms with van der Waals surface area (Å²) in [5.41, 5.74) is 0.0822. The molecule has 0 aromatic rings. The van der Waals surface area contributed by atoms with E-state index in [1.54, 1.807) is 0 Å². The quantitative estimate of drug-likeness (QED) is 0.672. The normalized spacial score (nSPS) is 17.9. The van der Waals surface area contributed by atoms with Gasteiger partial charge in [0.2, 0.25) is 5.91 Å². The van der Waals surface area contributed by atoms with Crippen LogP contribution in [0.25, 0.3) is 0 Å². The zero-order valence-electron chi connectivity index (χ0n) is 8.91. The van der Waals surface area contributed by atoms with Gasteiger partial charge in [0.25, 0.3) is 0 Å². The van der Waals surface area contributed by atoms with Crippen LogP contribution in [0.1, 0.15) is 26.2 Å². The van der Waals surface area contributed by atoms with Gasteiger partial charge in [-0.25, -0.2) is 0 Å². The lowest BCUT2D eigenvalue weighted by molar-refractivity contribution is -0.139. The molecule has 0 aromatic heterocycles. The molecule has 0 radical (unpaired) electrons. The first-order valence-corrected chi connectivity index (χ1v) is 5.14. The maximum atomic E-state index is 11.2. The molecule has 1 saturated heterocycles. The van der Waals surface area contributed by atoms with Gasteiger partial charge in [-0.15, -0.1) is 0 Å². The molecule has 0 aromatic carbocycles. The Morgan fingerprint density at radius 3 is 2.47 bits per heavy atom. The Bertz CT molecular complexity index is 242. The van der Waals surface area contributed by atoms with Gasteiger partial charge in [-0.05, 0) is 6.42 Å². The molecule has 0 aliphatic carbocycles. The molecule has 15 heavy (non-hydrogen) atoms. The van der Waals surface area contributed by atoms with Crippen LogP contribution in [0.15, 0.2) is 0 Å². The van der Waals surface area contributed by atoms with Crippen LogP contribution in [0, 0.1) is 5.41 Å². The minimum absolute atomic E-state index is 0.0516. The lowest BCUT2D eigenvalue weighted by Crippen LogP contribution is -2.50. The van der Waals surface area contributed by atoms with Gasteiger partial charge in [0, 0.05) is 18.4 Å². The first-order chi connectivity index (χ1) is 7.08. The van der Waals surface area contributed by atoms with E-state index in [4.69, 9.17) is 9.84 Å². The molecule has 1 fully saturated rings. The minimum Gasteiger partial charge on any atom is -0.481 e. The highest BCUT2D eigenvalue weighted by atomic mass is 16.5. The van der Waals surface area contributed by atoms with E-state index >= 15 is 0 Å². The van der Waals surface area contributed by atoms with Crippen molar-refractivity contribution in [2.24, 2.45) is 5.41 Å². The molecular weight excluding hydrogens is 198 g/mol. The summed E-state index contributed by atoms with van der Waals surface area (Å²) in [4.78, 5) is 21.5. The maximum Gasteiger partial charge on any atom is 0.303 e. The molecule has 1 aliphatic heterocycles. The Kier molecular flexibility index (Phi) is 4.08. The number of nitrogens with one attached hydrogen (secondary N) is 1. The summed E-state index contributed by atoms with van der Waals surface area (Å²) in [5.74, 6) is -1.14. The third kappa shape index (κ3) is 3.51. The third-order valence-corrected chi connectivity index (χ3v) is 2.79. The predicted octanol–water partition coefficient (Wildman–Crippen LogP) is 0.394. The monoisotopic (exact) mass is 215 g/mol. The second-order valence-corrected chi connectivity index (χ2v) is 4.02. The van der Waals surface area contributed by atoms with Gasteiger partial charge in [-0.1, -0.05) is 6.92 Å². The minimum atomic E-state index is -0.942. The topological polar surface area (TPSA) is 75.6 Å². The van der Waals surface area contributed by atoms with Gasteiger partial charge in [-0.2, -0.15) is 0 Å². The van der Waals surface area contributed by atoms with Gasteiger partial charge in [-0.3, -0.25) is 9.59 Å². The fourth-order valence-electron chi connectivity index (χ4n) is 1.42. The Morgan fingerprint density at radius 1 is 1.40 bits per heavy atom. The second kappa shape index (κ2) is 5.11. The Morgan fingerprint density at radius 2 is 2.07 bits per heavy atom. The second-order valence-electron chi connectivity index (χ2n) is 4.02. The number of hydrogen-bond acceptors (Lipinski definition) is 3. The highest BCUT2D eigenvalue weighted by molar-refractivity contribution is 5.80. The zero-order valence-corrected chi connectivity index (χ0v) is 8.91. The van der Waals surface area contributed by atoms with Gasteiger partial charge in [0.1, 0.15) is 0 Å². The molecule has 1 aliphatic rings. The van der Waals surface area contributed by atoms with Gasteiger partial charge < -0.3 is 15.2 Å². The molecule has 86 valence electrons. The van der Waals surface area contributed by atoms with Crippen LogP contribution >= 0.6 is 0 Å². The van der Waals surface area contributed by atoms with Crippen LogP contribution in [-0.4, -0.2) is 36.7 Å². The highest BCUT2D eigenvalue weighted by Crippen LogP contribution is 2.30. The van der Waals surface area contributed by atoms with Crippen LogP contribution < -0.4 is 5.32 Å². The number of carbonyl (C=O) groups is 2. The summed E-state index contributed by atoms with van der Waals surface area (Å²) in [6.07, 6.45) is 0.906. The number of rotatable bonds is 6. The van der Waals surface area contributed by atoms with Crippen molar-refractivity contribution in [3.05, 3.63) is 0 Å². The number of amides is 1. The maximum absolute atomic E-state index is 11.2. The first kappa shape index (κ1) is 12.0. The average Bonchev–Trinajstić information content (AvgIpc) is 2.14. The van der Waals surface area contributed by atoms with Crippen molar-refractivity contribution < 1.29 is 19.4 Å². The summed E-state index contributed by atoms with van der Waals surface area (Å²) >= 11 is 0. The molecule has 0 saturated carbocycles. The molecule has 1 rings (SSSR count). The summed E-state index contributed by atoms with van der Waals surface area (Å²) in [6, 6.07) is 0. The number of carbonyl (C=O) groups excluding carboxylic acids is 1. The number of carboxylic acid groups (broad SMARTS) is 1. The highest BCUT2D eigenvalue weighted by Gasteiger charge is 2.36. The number of hydrogen-bond donors (Lipinski definition) is 2. The van der Waals surface area contributed by atoms with E-state index in [1.165, 1.54) is 0 Å². The number of ether oxygens (including phenoxy) is 1. The van der Waals surface area contributed by atoms with Crippen LogP contribution in [0.2, 0.25) is 0 Å². The van der Waals surface area contributed by atoms with E-state index < -0.39 is 5.97 Å². The van der Waals surface area contributed by atoms with Crippen LogP contribution in [0.5, 0.6) is 0 Å². The molecule has 5 heteroatoms. The summed E-state index contributed by atoms with van der Waals surface area (Å²) in [5, 5.41) is 11.1. The van der Waals surface area contributed by atoms with Gasteiger partial charge in [0.05, 0.1) is 19.6 Å². The van der Waals surface area contributed by atoms with Crippen molar-refractivity contribution in [1.82, 2.24) is 5.32 Å². The largest absolute Gasteiger partial charge is 0.481 e. The lowest BCUT2D eigenvalue weighted by atomic mass is 9.83. The third-order valence-electron chi connectivity index (χ3n) is 2.79. The Balaban J connectivity index is 2.18. The van der Waals surface area contributed by atoms with E-state index in [9.17, 15) is 9.59 Å². The van der Waals surface area contributed by atoms with Crippen molar-refractivity contribution >= 4 is 11.9 Å². The molecular formula is C10H17NO4. The van der Waals surface area contributed by atoms with Crippen LogP contribution in [-0.2, 0) is 14.3 Å². The molecule has 0 unspecified atom stereocenters. The van der Waals surface area contributed by atoms with Crippen molar-refractivity contribution in [3.8, 4) is 0 Å². The van der Waals surface area contributed by atoms with Crippen molar-refractivity contribution in [1.29, 1.82) is 0 Å². The Hall–Kier alpha value is -1.10. The smallest absolute Gasteiger partial charge is 0.303 e. The summed E-state index contributed by atoms with van der Waals surface area (Å²) in [7, 11) is 0. The van der Waals surface area contributed by atoms with E-state index in [2.05, 4.69) is 12.2 Å². The molecule has 1 heterocycles. The van der Waals surface area contributed by atoms with Crippen LogP contribution in [0.3, 0.4) is 0 Å². The van der Waals surface area contributed by atoms with E-state index in [0.717, 1.165) is 6.42 Å². The van der Waals surface area contributed by atoms with E-state index in [-0.39, 0.29) is 24.2 Å². The van der Waals surface area contributed by atoms with Gasteiger partial charge in [0.15, 0.2) is 0 Å². The lowest BCUT2D eigenvalue weighted by Gasteiger charge is -2.40. The molecule has 0 bridgehead atoms. The van der Waals surface area contributed by atoms with Crippen LogP contribution in [0.4, 0.5) is 0 Å². The standard InChI is InChI=1S/C10H17NO4/c1-2-10(6-15-7-10)5-11-8(12)3-4-9(13)14/h2-7H2,1H3,(H,11,12)(H,13,14). The number of carboxylic acids is 1.